The number of benzene rings is 1. The van der Waals surface area contributed by atoms with Gasteiger partial charge < -0.3 is 0 Å². The summed E-state index contributed by atoms with van der Waals surface area (Å²) in [6, 6.07) is 8.21. The van der Waals surface area contributed by atoms with Crippen LogP contribution in [-0.4, -0.2) is 30.8 Å². The molecule has 0 radical (unpaired) electrons. The number of H-pyrrole nitrogens is 1. The van der Waals surface area contributed by atoms with Crippen molar-refractivity contribution in [2.24, 2.45) is 0 Å². The number of nitrogens with one attached hydrogen (secondary N) is 1. The molecule has 0 unspecified atom stereocenters. The van der Waals surface area contributed by atoms with E-state index in [1.54, 1.807) is 6.20 Å². The van der Waals surface area contributed by atoms with Crippen LogP contribution in [0, 0.1) is 11.2 Å². The number of rotatable bonds is 1. The van der Waals surface area contributed by atoms with E-state index in [-0.39, 0.29) is 0 Å². The van der Waals surface area contributed by atoms with Gasteiger partial charge in [0.25, 0.3) is 0 Å². The second kappa shape index (κ2) is 3.86. The van der Waals surface area contributed by atoms with Crippen molar-refractivity contribution < 1.29 is 0 Å². The van der Waals surface area contributed by atoms with Gasteiger partial charge in [0.15, 0.2) is 0 Å². The molecule has 0 fully saturated rings. The molecule has 14 heavy (non-hydrogen) atoms. The number of hydrogen-bond donors (Lipinski definition) is 1. The molecule has 0 spiro atoms. The molecule has 0 bridgehead atoms. The fourth-order valence-electron chi connectivity index (χ4n) is 1.18. The van der Waals surface area contributed by atoms with Gasteiger partial charge in [0, 0.05) is 0 Å². The second-order valence-corrected chi connectivity index (χ2v) is 3.85. The monoisotopic (exact) mass is 251 g/mol. The first-order chi connectivity index (χ1) is 6.75. The first kappa shape index (κ1) is 9.31. The summed E-state index contributed by atoms with van der Waals surface area (Å²) >= 11 is 2.79. The van der Waals surface area contributed by atoms with Gasteiger partial charge in [-0.3, -0.25) is 0 Å². The molecule has 0 atom stereocenters. The molecule has 1 aromatic carbocycles. The quantitative estimate of drug-likeness (QED) is 0.779. The summed E-state index contributed by atoms with van der Waals surface area (Å²) in [5.74, 6) is 0. The Labute approximate surface area is 89.6 Å². The third-order valence-electron chi connectivity index (χ3n) is 1.92. The molecule has 0 saturated heterocycles. The maximum atomic E-state index is 4.30. The zero-order chi connectivity index (χ0) is 9.97. The molecule has 0 saturated carbocycles. The van der Waals surface area contributed by atoms with E-state index in [4.69, 9.17) is 0 Å². The van der Waals surface area contributed by atoms with Crippen LogP contribution in [0.15, 0.2) is 30.5 Å². The molecule has 0 aliphatic heterocycles. The van der Waals surface area contributed by atoms with E-state index in [9.17, 15) is 0 Å². The Balaban J connectivity index is 2.50. The average Bonchev–Trinajstić information content (AvgIpc) is 2.19. The Kier molecular flexibility index (Phi) is 2.57. The normalized spacial score (nSPS) is 10.1. The van der Waals surface area contributed by atoms with Gasteiger partial charge in [-0.05, 0) is 0 Å². The van der Waals surface area contributed by atoms with Crippen LogP contribution >= 0.6 is 0 Å². The number of hydrogen-bond acceptors (Lipinski definition) is 2. The molecule has 1 N–H and O–H groups in total. The molecule has 0 aliphatic rings. The third-order valence-corrected chi connectivity index (χ3v) is 2.30. The van der Waals surface area contributed by atoms with Crippen molar-refractivity contribution in [2.45, 2.75) is 6.92 Å². The van der Waals surface area contributed by atoms with E-state index in [0.29, 0.717) is 4.32 Å². The molecule has 70 valence electrons. The molecule has 3 nitrogen and oxygen atoms in total. The Hall–Kier alpha value is -1.25. The second-order valence-electron chi connectivity index (χ2n) is 3.04. The van der Waals surface area contributed by atoms with Crippen LogP contribution in [0.2, 0.25) is 0 Å². The van der Waals surface area contributed by atoms with Crippen LogP contribution in [0.1, 0.15) is 5.56 Å². The summed E-state index contributed by atoms with van der Waals surface area (Å²) in [5, 5.41) is 6.70. The average molecular weight is 250 g/mol. The van der Waals surface area contributed by atoms with Gasteiger partial charge in [-0.1, -0.05) is 0 Å². The van der Waals surface area contributed by atoms with E-state index in [2.05, 4.69) is 49.8 Å². The van der Waals surface area contributed by atoms with E-state index in [1.807, 2.05) is 12.1 Å². The standard InChI is InChI=1S/C10H9N3Se/c1-7-2-4-8(5-3-7)9-6-11-13-10(14)12-9/h2-6H,1H3,(H,12,13,14). The molecule has 0 aliphatic carbocycles. The number of aromatic nitrogens is 3. The van der Waals surface area contributed by atoms with E-state index in [1.165, 1.54) is 5.56 Å². The maximum absolute atomic E-state index is 4.30. The molecule has 0 amide bonds. The third kappa shape index (κ3) is 1.97. The fourth-order valence-corrected chi connectivity index (χ4v) is 1.49. The number of aromatic amines is 1. The summed E-state index contributed by atoms with van der Waals surface area (Å²) in [7, 11) is 0. The van der Waals surface area contributed by atoms with Crippen molar-refractivity contribution in [2.75, 3.05) is 0 Å². The summed E-state index contributed by atoms with van der Waals surface area (Å²) in [5.41, 5.74) is 3.19. The van der Waals surface area contributed by atoms with Gasteiger partial charge in [0.2, 0.25) is 0 Å². The van der Waals surface area contributed by atoms with Crippen molar-refractivity contribution >= 4 is 15.6 Å². The topological polar surface area (TPSA) is 41.6 Å². The van der Waals surface area contributed by atoms with Gasteiger partial charge in [-0.15, -0.1) is 0 Å². The van der Waals surface area contributed by atoms with E-state index in [0.717, 1.165) is 11.3 Å². The molecule has 4 heteroatoms. The Morgan fingerprint density at radius 3 is 2.57 bits per heavy atom. The fraction of sp³-hybridized carbons (Fsp3) is 0.100. The Morgan fingerprint density at radius 1 is 1.21 bits per heavy atom. The molecule has 1 aromatic heterocycles. The van der Waals surface area contributed by atoms with E-state index < -0.39 is 0 Å². The summed E-state index contributed by atoms with van der Waals surface area (Å²) in [6.07, 6.45) is 1.71. The van der Waals surface area contributed by atoms with Crippen molar-refractivity contribution in [3.05, 3.63) is 40.3 Å². The predicted molar refractivity (Wildman–Crippen MR) is 55.6 cm³/mol. The molecular weight excluding hydrogens is 241 g/mol. The van der Waals surface area contributed by atoms with Crippen LogP contribution in [0.4, 0.5) is 0 Å². The number of nitrogens with zero attached hydrogens (tertiary/aromatic N) is 2. The molecule has 1 heterocycles. The summed E-state index contributed by atoms with van der Waals surface area (Å²) < 4.78 is 0.697. The van der Waals surface area contributed by atoms with Gasteiger partial charge in [0.05, 0.1) is 0 Å². The zero-order valence-electron chi connectivity index (χ0n) is 7.69. The SMILES string of the molecule is Cc1ccc(-c2cn[nH]c(=[Se])n2)cc1. The summed E-state index contributed by atoms with van der Waals surface area (Å²) in [4.78, 5) is 4.30. The zero-order valence-corrected chi connectivity index (χ0v) is 9.40. The van der Waals surface area contributed by atoms with Crippen molar-refractivity contribution in [1.82, 2.24) is 15.2 Å². The minimum absolute atomic E-state index is 0.697. The van der Waals surface area contributed by atoms with Crippen molar-refractivity contribution in [3.8, 4) is 11.3 Å². The van der Waals surface area contributed by atoms with Crippen LogP contribution in [-0.2, 0) is 0 Å². The predicted octanol–water partition coefficient (Wildman–Crippen LogP) is 1.48. The van der Waals surface area contributed by atoms with Crippen LogP contribution in [0.5, 0.6) is 0 Å². The molecular formula is C10H9N3Se. The van der Waals surface area contributed by atoms with Crippen LogP contribution < -0.4 is 0 Å². The Bertz CT molecular complexity index is 487. The van der Waals surface area contributed by atoms with Gasteiger partial charge in [-0.25, -0.2) is 0 Å². The molecule has 2 rings (SSSR count). The van der Waals surface area contributed by atoms with Crippen molar-refractivity contribution in [3.63, 3.8) is 0 Å². The Morgan fingerprint density at radius 2 is 1.93 bits per heavy atom. The van der Waals surface area contributed by atoms with Gasteiger partial charge in [0.1, 0.15) is 0 Å². The first-order valence-corrected chi connectivity index (χ1v) is 5.10. The van der Waals surface area contributed by atoms with Gasteiger partial charge in [-0.2, -0.15) is 0 Å². The first-order valence-electron chi connectivity index (χ1n) is 4.24. The summed E-state index contributed by atoms with van der Waals surface area (Å²) in [6.45, 7) is 2.06. The van der Waals surface area contributed by atoms with Crippen molar-refractivity contribution in [1.29, 1.82) is 0 Å². The van der Waals surface area contributed by atoms with E-state index >= 15 is 0 Å². The minimum atomic E-state index is 0.697. The van der Waals surface area contributed by atoms with Crippen LogP contribution in [0.3, 0.4) is 0 Å². The van der Waals surface area contributed by atoms with Crippen LogP contribution in [0.25, 0.3) is 11.3 Å². The number of aryl methyl sites for hydroxylation is 1. The molecule has 2 aromatic rings. The van der Waals surface area contributed by atoms with Gasteiger partial charge >= 0.3 is 89.3 Å².